The molecule has 0 amide bonds. The summed E-state index contributed by atoms with van der Waals surface area (Å²) in [4.78, 5) is 4.68. The molecule has 0 saturated heterocycles. The van der Waals surface area contributed by atoms with Crippen molar-refractivity contribution in [3.63, 3.8) is 0 Å². The molecule has 4 aromatic rings. The van der Waals surface area contributed by atoms with Gasteiger partial charge in [0, 0.05) is 40.9 Å². The molecule has 2 heteroatoms. The van der Waals surface area contributed by atoms with Gasteiger partial charge in [-0.1, -0.05) is 93.6 Å². The number of anilines is 4. The molecule has 0 heterocycles. The van der Waals surface area contributed by atoms with Crippen molar-refractivity contribution >= 4 is 22.7 Å². The Morgan fingerprint density at radius 2 is 1.26 bits per heavy atom. The maximum atomic E-state index is 2.37. The van der Waals surface area contributed by atoms with Crippen molar-refractivity contribution in [1.29, 1.82) is 0 Å². The summed E-state index contributed by atoms with van der Waals surface area (Å²) in [5, 5.41) is 0. The van der Waals surface area contributed by atoms with E-state index < -0.39 is 0 Å². The average molecular weight is 501 g/mol. The Morgan fingerprint density at radius 1 is 0.711 bits per heavy atom. The van der Waals surface area contributed by atoms with Crippen LogP contribution in [0, 0.1) is 6.92 Å². The number of hydrogen-bond acceptors (Lipinski definition) is 2. The number of para-hydroxylation sites is 2. The third-order valence-electron chi connectivity index (χ3n) is 7.00. The summed E-state index contributed by atoms with van der Waals surface area (Å²) in [6, 6.07) is 35.0. The van der Waals surface area contributed by atoms with E-state index in [0.717, 1.165) is 17.1 Å². The van der Waals surface area contributed by atoms with Gasteiger partial charge >= 0.3 is 0 Å². The summed E-state index contributed by atoms with van der Waals surface area (Å²) in [7, 11) is 2.17. The molecule has 0 aliphatic rings. The predicted octanol–water partition coefficient (Wildman–Crippen LogP) is 10.3. The van der Waals surface area contributed by atoms with Crippen molar-refractivity contribution in [3.05, 3.63) is 132 Å². The number of aryl methyl sites for hydroxylation is 1. The first-order valence-electron chi connectivity index (χ1n) is 13.4. The molecule has 0 aromatic heterocycles. The molecule has 0 saturated carbocycles. The minimum atomic E-state index is 0.0469. The minimum Gasteiger partial charge on any atom is -0.348 e. The standard InChI is InChI=1S/C36H40N2/c1-8-9-16-28(3)37(7)34-26-29(36(4,5)6)22-24-32(34)33-23-21-27(2)25-35(33)38(30-17-12-10-13-18-30)31-19-14-11-15-20-31/h8-26H,1-7H3/b9-8-,28-16+. The second kappa shape index (κ2) is 11.6. The van der Waals surface area contributed by atoms with E-state index >= 15 is 0 Å². The van der Waals surface area contributed by atoms with E-state index in [9.17, 15) is 0 Å². The lowest BCUT2D eigenvalue weighted by Gasteiger charge is -2.31. The topological polar surface area (TPSA) is 6.48 Å². The Balaban J connectivity index is 2.00. The van der Waals surface area contributed by atoms with Gasteiger partial charge in [-0.05, 0) is 79.8 Å². The second-order valence-electron chi connectivity index (χ2n) is 10.9. The van der Waals surface area contributed by atoms with Crippen molar-refractivity contribution in [3.8, 4) is 11.1 Å². The van der Waals surface area contributed by atoms with Crippen LogP contribution in [0.5, 0.6) is 0 Å². The molecule has 0 aliphatic carbocycles. The van der Waals surface area contributed by atoms with Gasteiger partial charge in [0.2, 0.25) is 0 Å². The first-order valence-corrected chi connectivity index (χ1v) is 13.4. The van der Waals surface area contributed by atoms with Crippen LogP contribution in [-0.2, 0) is 5.41 Å². The molecule has 194 valence electrons. The van der Waals surface area contributed by atoms with E-state index in [2.05, 4.69) is 174 Å². The van der Waals surface area contributed by atoms with Gasteiger partial charge in [-0.15, -0.1) is 0 Å². The quantitative estimate of drug-likeness (QED) is 0.233. The summed E-state index contributed by atoms with van der Waals surface area (Å²) >= 11 is 0. The van der Waals surface area contributed by atoms with E-state index in [1.54, 1.807) is 0 Å². The first-order chi connectivity index (χ1) is 18.2. The van der Waals surface area contributed by atoms with E-state index in [1.807, 2.05) is 0 Å². The number of rotatable bonds is 7. The van der Waals surface area contributed by atoms with Crippen molar-refractivity contribution in [2.24, 2.45) is 0 Å². The highest BCUT2D eigenvalue weighted by Gasteiger charge is 2.22. The highest BCUT2D eigenvalue weighted by Crippen LogP contribution is 2.45. The molecule has 0 aliphatic heterocycles. The second-order valence-corrected chi connectivity index (χ2v) is 10.9. The maximum Gasteiger partial charge on any atom is 0.0543 e. The summed E-state index contributed by atoms with van der Waals surface area (Å²) < 4.78 is 0. The van der Waals surface area contributed by atoms with Crippen LogP contribution in [-0.4, -0.2) is 7.05 Å². The molecule has 0 spiro atoms. The molecule has 4 aromatic carbocycles. The third kappa shape index (κ3) is 5.92. The lowest BCUT2D eigenvalue weighted by molar-refractivity contribution is 0.590. The zero-order valence-electron chi connectivity index (χ0n) is 23.9. The highest BCUT2D eigenvalue weighted by atomic mass is 15.1. The van der Waals surface area contributed by atoms with Crippen LogP contribution >= 0.6 is 0 Å². The maximum absolute atomic E-state index is 2.37. The SMILES string of the molecule is C/C=C\C=C(/C)N(C)c1cc(C(C)(C)C)ccc1-c1ccc(C)cc1N(c1ccccc1)c1ccccc1. The lowest BCUT2D eigenvalue weighted by atomic mass is 9.85. The van der Waals surface area contributed by atoms with Gasteiger partial charge < -0.3 is 9.80 Å². The van der Waals surface area contributed by atoms with Crippen molar-refractivity contribution in [1.82, 2.24) is 0 Å². The largest absolute Gasteiger partial charge is 0.348 e. The molecule has 0 bridgehead atoms. The Morgan fingerprint density at radius 3 is 1.82 bits per heavy atom. The molecule has 4 rings (SSSR count). The number of allylic oxidation sites excluding steroid dienone is 4. The van der Waals surface area contributed by atoms with Crippen molar-refractivity contribution < 1.29 is 0 Å². The molecule has 2 nitrogen and oxygen atoms in total. The van der Waals surface area contributed by atoms with Crippen LogP contribution in [0.2, 0.25) is 0 Å². The van der Waals surface area contributed by atoms with E-state index in [0.29, 0.717) is 0 Å². The number of benzene rings is 4. The fourth-order valence-electron chi connectivity index (χ4n) is 4.68. The van der Waals surface area contributed by atoms with Gasteiger partial charge in [0.1, 0.15) is 0 Å². The Hall–Kier alpha value is -4.04. The zero-order chi connectivity index (χ0) is 27.3. The first kappa shape index (κ1) is 27.0. The van der Waals surface area contributed by atoms with Crippen LogP contribution in [0.4, 0.5) is 22.7 Å². The molecular weight excluding hydrogens is 460 g/mol. The van der Waals surface area contributed by atoms with Gasteiger partial charge in [-0.25, -0.2) is 0 Å². The van der Waals surface area contributed by atoms with Crippen LogP contribution in [0.3, 0.4) is 0 Å². The van der Waals surface area contributed by atoms with E-state index in [4.69, 9.17) is 0 Å². The van der Waals surface area contributed by atoms with Crippen LogP contribution in [0.1, 0.15) is 45.7 Å². The Labute approximate surface area is 229 Å². The molecule has 0 N–H and O–H groups in total. The van der Waals surface area contributed by atoms with Gasteiger partial charge in [-0.2, -0.15) is 0 Å². The number of hydrogen-bond donors (Lipinski definition) is 0. The summed E-state index contributed by atoms with van der Waals surface area (Å²) in [5.41, 5.74) is 10.8. The van der Waals surface area contributed by atoms with Crippen molar-refractivity contribution in [2.45, 2.75) is 47.0 Å². The number of nitrogens with zero attached hydrogens (tertiary/aromatic N) is 2. The average Bonchev–Trinajstić information content (AvgIpc) is 2.92. The van der Waals surface area contributed by atoms with Crippen LogP contribution in [0.15, 0.2) is 121 Å². The highest BCUT2D eigenvalue weighted by molar-refractivity contribution is 5.93. The molecule has 0 atom stereocenters. The molecule has 0 radical (unpaired) electrons. The van der Waals surface area contributed by atoms with Gasteiger partial charge in [-0.3, -0.25) is 0 Å². The lowest BCUT2D eigenvalue weighted by Crippen LogP contribution is -2.18. The van der Waals surface area contributed by atoms with Crippen molar-refractivity contribution in [2.75, 3.05) is 16.8 Å². The fraction of sp³-hybridized carbons (Fsp3) is 0.222. The van der Waals surface area contributed by atoms with Gasteiger partial charge in [0.05, 0.1) is 5.69 Å². The van der Waals surface area contributed by atoms with Gasteiger partial charge in [0.25, 0.3) is 0 Å². The Kier molecular flexibility index (Phi) is 8.22. The molecular formula is C36H40N2. The predicted molar refractivity (Wildman–Crippen MR) is 167 cm³/mol. The summed E-state index contributed by atoms with van der Waals surface area (Å²) in [6.45, 7) is 13.2. The van der Waals surface area contributed by atoms with Crippen LogP contribution in [0.25, 0.3) is 11.1 Å². The molecule has 38 heavy (non-hydrogen) atoms. The van der Waals surface area contributed by atoms with E-state index in [-0.39, 0.29) is 5.41 Å². The molecule has 0 unspecified atom stereocenters. The summed E-state index contributed by atoms with van der Waals surface area (Å²) in [5.74, 6) is 0. The fourth-order valence-corrected chi connectivity index (χ4v) is 4.68. The minimum absolute atomic E-state index is 0.0469. The normalized spacial score (nSPS) is 12.1. The zero-order valence-corrected chi connectivity index (χ0v) is 23.9. The van der Waals surface area contributed by atoms with Gasteiger partial charge in [0.15, 0.2) is 0 Å². The smallest absolute Gasteiger partial charge is 0.0543 e. The van der Waals surface area contributed by atoms with Crippen LogP contribution < -0.4 is 9.80 Å². The molecule has 0 fully saturated rings. The van der Waals surface area contributed by atoms with E-state index in [1.165, 1.54) is 33.6 Å². The monoisotopic (exact) mass is 500 g/mol. The Bertz CT molecular complexity index is 1380. The third-order valence-corrected chi connectivity index (χ3v) is 7.00. The summed E-state index contributed by atoms with van der Waals surface area (Å²) in [6.07, 6.45) is 6.34.